The fourth-order valence-corrected chi connectivity index (χ4v) is 19.2. The molecule has 4 amide bonds. The second kappa shape index (κ2) is 35.8. The molecule has 0 radical (unpaired) electrons. The number of nitrogens with two attached hydrogens (primary N) is 2. The van der Waals surface area contributed by atoms with E-state index in [0.717, 1.165) is 250 Å². The minimum absolute atomic E-state index is 0.110. The molecule has 120 heavy (non-hydrogen) atoms. The Morgan fingerprint density at radius 3 is 1.10 bits per heavy atom. The van der Waals surface area contributed by atoms with Crippen molar-refractivity contribution in [1.29, 1.82) is 0 Å². The third-order valence-electron chi connectivity index (χ3n) is 23.9. The number of rotatable bonds is 18. The molecule has 9 aliphatic rings. The third-order valence-corrected chi connectivity index (χ3v) is 25.8. The van der Waals surface area contributed by atoms with Gasteiger partial charge in [-0.3, -0.25) is 29.1 Å². The van der Waals surface area contributed by atoms with E-state index in [1.54, 1.807) is 54.0 Å². The third kappa shape index (κ3) is 18.8. The zero-order valence-electron chi connectivity index (χ0n) is 68.3. The number of amides is 4. The Bertz CT molecular complexity index is 5560. The Labute approximate surface area is 714 Å². The van der Waals surface area contributed by atoms with E-state index in [1.165, 1.54) is 49.9 Å². The van der Waals surface area contributed by atoms with Crippen LogP contribution in [0.1, 0.15) is 196 Å². The first-order chi connectivity index (χ1) is 57.7. The SMILES string of the molecule is CC(C)OC(=O)Nc1ccc(Cl)cc1C(=O)N1CCCC[C@H]1c1cc2nc(N3CCC3)cc(N3CCCCC3)n2n1.CS(=O)(=O)Nc1ccc(Cl)cc1C(=O)N1CCCC[C@H]1c1cc2nc(N3CCC3)cc(N3CCCC(N)C3)n2n1.CS(=O)(=O)Nc1ccc(Cl)cc1C(=O)N1CCCC[C@H]1c1cc2nc(N3CCC3)cc(N3CC[C@@H](N)C3)n2n1. The van der Waals surface area contributed by atoms with E-state index in [-0.39, 0.29) is 76.5 Å². The van der Waals surface area contributed by atoms with Gasteiger partial charge in [-0.15, -0.1) is 0 Å². The van der Waals surface area contributed by atoms with Crippen LogP contribution in [-0.2, 0) is 24.8 Å². The summed E-state index contributed by atoms with van der Waals surface area (Å²) in [5.41, 5.74) is 18.8. The number of fused-ring (bicyclic) bond motifs is 3. The topological polar surface area (TPSA) is 354 Å². The number of sulfonamides is 2. The zero-order valence-corrected chi connectivity index (χ0v) is 72.2. The largest absolute Gasteiger partial charge is 0.447 e. The molecule has 0 saturated carbocycles. The fraction of sp³-hybridized carbons (Fsp3) is 0.518. The van der Waals surface area contributed by atoms with Gasteiger partial charge in [-0.05, 0) is 184 Å². The summed E-state index contributed by atoms with van der Waals surface area (Å²) < 4.78 is 63.9. The van der Waals surface area contributed by atoms with Gasteiger partial charge in [0.15, 0.2) is 16.9 Å². The maximum atomic E-state index is 14.1. The molecule has 1 unspecified atom stereocenters. The molecule has 640 valence electrons. The molecule has 32 nitrogen and oxygen atoms in total. The van der Waals surface area contributed by atoms with Crippen LogP contribution in [0.3, 0.4) is 0 Å². The molecule has 9 saturated heterocycles. The first-order valence-corrected chi connectivity index (χ1v) is 47.1. The number of carbonyl (C=O) groups is 4. The lowest BCUT2D eigenvalue weighted by Crippen LogP contribution is -2.44. The lowest BCUT2D eigenvalue weighted by atomic mass is 9.98. The summed E-state index contributed by atoms with van der Waals surface area (Å²) in [5, 5.41) is 19.0. The van der Waals surface area contributed by atoms with E-state index in [0.29, 0.717) is 46.0 Å². The first kappa shape index (κ1) is 83.9. The summed E-state index contributed by atoms with van der Waals surface area (Å²) in [4.78, 5) is 88.5. The molecule has 9 aliphatic heterocycles. The normalized spacial score (nSPS) is 21.1. The van der Waals surface area contributed by atoms with Crippen LogP contribution in [0.2, 0.25) is 15.1 Å². The number of piperidine rings is 5. The fourth-order valence-electron chi connectivity index (χ4n) is 17.5. The number of benzene rings is 3. The summed E-state index contributed by atoms with van der Waals surface area (Å²) in [7, 11) is -7.18. The van der Waals surface area contributed by atoms with Gasteiger partial charge in [0.25, 0.3) is 17.7 Å². The second-order valence-corrected chi connectivity index (χ2v) is 38.1. The number of halogens is 3. The van der Waals surface area contributed by atoms with Crippen LogP contribution >= 0.6 is 34.8 Å². The second-order valence-electron chi connectivity index (χ2n) is 33.3. The quantitative estimate of drug-likeness (QED) is 0.0533. The average molecular weight is 1740 g/mol. The molecular weight excluding hydrogens is 1630 g/mol. The Hall–Kier alpha value is -9.71. The maximum Gasteiger partial charge on any atom is 0.411 e. The predicted molar refractivity (Wildman–Crippen MR) is 469 cm³/mol. The minimum atomic E-state index is -3.59. The number of hydrogen-bond acceptors (Lipinski definition) is 23. The molecule has 0 aliphatic carbocycles. The summed E-state index contributed by atoms with van der Waals surface area (Å²) in [6, 6.07) is 26.0. The van der Waals surface area contributed by atoms with Gasteiger partial charge in [-0.25, -0.2) is 36.6 Å². The first-order valence-electron chi connectivity index (χ1n) is 42.2. The van der Waals surface area contributed by atoms with Crippen molar-refractivity contribution in [3.8, 4) is 0 Å². The highest BCUT2D eigenvalue weighted by Crippen LogP contribution is 2.42. The van der Waals surface area contributed by atoms with Crippen molar-refractivity contribution < 1.29 is 40.8 Å². The minimum Gasteiger partial charge on any atom is -0.447 e. The Balaban J connectivity index is 0.000000134. The van der Waals surface area contributed by atoms with Crippen molar-refractivity contribution >= 4 is 148 Å². The molecule has 0 bridgehead atoms. The summed E-state index contributed by atoms with van der Waals surface area (Å²) in [5.74, 6) is 5.10. The van der Waals surface area contributed by atoms with Gasteiger partial charge >= 0.3 is 6.09 Å². The lowest BCUT2D eigenvalue weighted by molar-refractivity contribution is 0.0599. The smallest absolute Gasteiger partial charge is 0.411 e. The summed E-state index contributed by atoms with van der Waals surface area (Å²) in [6.07, 6.45) is 19.0. The van der Waals surface area contributed by atoms with Crippen molar-refractivity contribution in [3.05, 3.63) is 140 Å². The van der Waals surface area contributed by atoms with Crippen molar-refractivity contribution in [3.63, 3.8) is 0 Å². The van der Waals surface area contributed by atoms with Crippen LogP contribution in [-0.4, -0.2) is 228 Å². The van der Waals surface area contributed by atoms with Crippen molar-refractivity contribution in [2.24, 2.45) is 11.5 Å². The molecule has 0 spiro atoms. The van der Waals surface area contributed by atoms with Crippen molar-refractivity contribution in [2.45, 2.75) is 166 Å². The molecule has 18 rings (SSSR count). The van der Waals surface area contributed by atoms with Crippen molar-refractivity contribution in [1.82, 2.24) is 58.5 Å². The van der Waals surface area contributed by atoms with E-state index >= 15 is 0 Å². The molecule has 15 heterocycles. The highest BCUT2D eigenvalue weighted by Gasteiger charge is 2.39. The number of nitrogens with one attached hydrogen (secondary N) is 3. The van der Waals surface area contributed by atoms with Crippen LogP contribution in [0, 0.1) is 0 Å². The number of ether oxygens (including phenoxy) is 1. The molecule has 6 aromatic heterocycles. The molecule has 9 aromatic rings. The highest BCUT2D eigenvalue weighted by molar-refractivity contribution is 7.92. The zero-order chi connectivity index (χ0) is 83.8. The number of anilines is 9. The number of nitrogens with zero attached hydrogens (tertiary/aromatic N) is 18. The van der Waals surface area contributed by atoms with E-state index < -0.39 is 26.1 Å². The van der Waals surface area contributed by atoms with E-state index in [4.69, 9.17) is 81.3 Å². The molecule has 37 heteroatoms. The molecule has 5 atom stereocenters. The van der Waals surface area contributed by atoms with Crippen LogP contribution in [0.5, 0.6) is 0 Å². The van der Waals surface area contributed by atoms with E-state index in [2.05, 4.69) is 62.4 Å². The Morgan fingerprint density at radius 1 is 0.400 bits per heavy atom. The van der Waals surface area contributed by atoms with Gasteiger partial charge < -0.3 is 60.3 Å². The average Bonchev–Trinajstić information content (AvgIpc) is 1.61. The standard InChI is InChI=1S/C30H38ClN7O3.C27H35ClN8O3S.C26H33ClN8O3S/c1-20(2)41-30(40)32-23-11-10-21(31)17-22(23)29(39)37-16-7-4-9-25(37)24-18-27-33-26(35-14-8-15-35)19-28(38(27)34-24)36-12-5-3-6-13-36;1-40(38,39)32-21-9-8-18(28)14-20(21)27(37)35-13-3-2-7-23(35)22-15-25-30-24(33-11-5-12-33)16-26(36(25)31-22)34-10-4-6-19(29)17-34;1-39(37,38)31-20-7-6-17(27)13-19(20)26(36)34-11-3-2-5-22(34)21-14-24-29-23(32-9-4-10-32)15-25(35(24)30-21)33-12-8-18(28)16-33/h10-11,17-20,25H,3-9,12-16H2,1-2H3,(H,32,40);8-9,14-16,19,23,32H,2-7,10-13,17,29H2,1H3;6-7,13-15,18,22,31H,2-5,8-12,16,28H2,1H3/t25-;19?,23-;18-,22+/m001/s1. The number of hydrogen-bond donors (Lipinski definition) is 5. The maximum absolute atomic E-state index is 14.1. The van der Waals surface area contributed by atoms with E-state index in [9.17, 15) is 36.0 Å². The van der Waals surface area contributed by atoms with Gasteiger partial charge in [0.2, 0.25) is 20.0 Å². The van der Waals surface area contributed by atoms with Crippen LogP contribution in [0.15, 0.2) is 91.0 Å². The van der Waals surface area contributed by atoms with Gasteiger partial charge in [0.05, 0.1) is 87.6 Å². The highest BCUT2D eigenvalue weighted by atomic mass is 35.5. The van der Waals surface area contributed by atoms with Crippen LogP contribution in [0.25, 0.3) is 16.9 Å². The van der Waals surface area contributed by atoms with Gasteiger partial charge in [0.1, 0.15) is 34.9 Å². The predicted octanol–water partition coefficient (Wildman–Crippen LogP) is 12.0. The number of aromatic nitrogens is 9. The number of carbonyl (C=O) groups excluding carboxylic acids is 4. The van der Waals surface area contributed by atoms with Gasteiger partial charge in [-0.2, -0.15) is 28.8 Å². The molecule has 7 N–H and O–H groups in total. The monoisotopic (exact) mass is 1740 g/mol. The molecule has 9 fully saturated rings. The van der Waals surface area contributed by atoms with Gasteiger partial charge in [-0.1, -0.05) is 34.8 Å². The molecular formula is C83H106Cl3N23O9S2. The Morgan fingerprint density at radius 2 is 0.742 bits per heavy atom. The van der Waals surface area contributed by atoms with Gasteiger partial charge in [0, 0.05) is 162 Å². The summed E-state index contributed by atoms with van der Waals surface area (Å²) >= 11 is 18.8. The lowest BCUT2D eigenvalue weighted by Gasteiger charge is -2.35. The number of likely N-dealkylation sites (tertiary alicyclic amines) is 3. The van der Waals surface area contributed by atoms with E-state index in [1.807, 2.05) is 36.6 Å². The molecule has 3 aromatic carbocycles. The summed E-state index contributed by atoms with van der Waals surface area (Å²) in [6.45, 7) is 16.5. The van der Waals surface area contributed by atoms with Crippen LogP contribution in [0.4, 0.5) is 56.8 Å². The Kier molecular flexibility index (Phi) is 25.0. The van der Waals surface area contributed by atoms with Crippen molar-refractivity contribution in [2.75, 3.05) is 155 Å². The van der Waals surface area contributed by atoms with Crippen LogP contribution < -0.4 is 55.6 Å².